The molecule has 2 N–H and O–H groups in total. The van der Waals surface area contributed by atoms with Gasteiger partial charge in [0.1, 0.15) is 11.6 Å². The number of hydrogen-bond acceptors (Lipinski definition) is 2. The van der Waals surface area contributed by atoms with E-state index in [1.807, 2.05) is 0 Å². The Bertz CT molecular complexity index is 379. The molecule has 15 heavy (non-hydrogen) atoms. The Kier molecular flexibility index (Phi) is 3.91. The van der Waals surface area contributed by atoms with Crippen molar-refractivity contribution >= 4 is 17.6 Å². The van der Waals surface area contributed by atoms with Crippen molar-refractivity contribution in [2.45, 2.75) is 19.3 Å². The number of phenolic OH excluding ortho intramolecular Hbond substituents is 1. The van der Waals surface area contributed by atoms with Gasteiger partial charge in [0, 0.05) is 12.0 Å². The first-order valence-electron chi connectivity index (χ1n) is 4.40. The fourth-order valence-corrected chi connectivity index (χ4v) is 1.49. The van der Waals surface area contributed by atoms with Crippen LogP contribution in [0.25, 0.3) is 0 Å². The van der Waals surface area contributed by atoms with Crippen molar-refractivity contribution in [2.24, 2.45) is 0 Å². The summed E-state index contributed by atoms with van der Waals surface area (Å²) in [6, 6.07) is 2.27. The molecule has 0 unspecified atom stereocenters. The lowest BCUT2D eigenvalue weighted by Gasteiger charge is -2.06. The van der Waals surface area contributed by atoms with E-state index in [1.54, 1.807) is 0 Å². The van der Waals surface area contributed by atoms with Gasteiger partial charge >= 0.3 is 5.97 Å². The molecule has 0 saturated heterocycles. The zero-order valence-electron chi connectivity index (χ0n) is 7.83. The molecule has 0 heterocycles. The van der Waals surface area contributed by atoms with Gasteiger partial charge < -0.3 is 10.2 Å². The number of rotatable bonds is 4. The Hall–Kier alpha value is -1.29. The molecular weight excluding hydrogens is 223 g/mol. The number of hydrogen-bond donors (Lipinski definition) is 2. The van der Waals surface area contributed by atoms with Gasteiger partial charge in [0.05, 0.1) is 5.02 Å². The molecule has 0 atom stereocenters. The second-order valence-electron chi connectivity index (χ2n) is 3.11. The minimum absolute atomic E-state index is 0.0354. The SMILES string of the molecule is O=C(O)CCCc1c(O)ccc(F)c1Cl. The lowest BCUT2D eigenvalue weighted by Crippen LogP contribution is -1.97. The first-order chi connectivity index (χ1) is 7.02. The van der Waals surface area contributed by atoms with E-state index in [9.17, 15) is 14.3 Å². The van der Waals surface area contributed by atoms with Crippen LogP contribution in [0.4, 0.5) is 4.39 Å². The molecule has 0 bridgehead atoms. The maximum absolute atomic E-state index is 13.0. The molecule has 0 saturated carbocycles. The van der Waals surface area contributed by atoms with Gasteiger partial charge in [-0.25, -0.2) is 4.39 Å². The number of aromatic hydroxyl groups is 1. The highest BCUT2D eigenvalue weighted by molar-refractivity contribution is 6.31. The zero-order valence-corrected chi connectivity index (χ0v) is 8.59. The Morgan fingerprint density at radius 2 is 2.13 bits per heavy atom. The van der Waals surface area contributed by atoms with Crippen LogP contribution in [0.15, 0.2) is 12.1 Å². The van der Waals surface area contributed by atoms with Crippen LogP contribution in [0.1, 0.15) is 18.4 Å². The van der Waals surface area contributed by atoms with E-state index in [0.717, 1.165) is 6.07 Å². The minimum atomic E-state index is -0.929. The predicted molar refractivity (Wildman–Crippen MR) is 53.6 cm³/mol. The smallest absolute Gasteiger partial charge is 0.303 e. The van der Waals surface area contributed by atoms with Crippen LogP contribution >= 0.6 is 11.6 Å². The minimum Gasteiger partial charge on any atom is -0.508 e. The van der Waals surface area contributed by atoms with Crippen LogP contribution in [0.3, 0.4) is 0 Å². The molecule has 0 aromatic heterocycles. The Labute approximate surface area is 91.1 Å². The molecule has 0 amide bonds. The normalized spacial score (nSPS) is 10.3. The second kappa shape index (κ2) is 4.98. The van der Waals surface area contributed by atoms with Gasteiger partial charge in [-0.3, -0.25) is 4.79 Å². The van der Waals surface area contributed by atoms with E-state index in [4.69, 9.17) is 16.7 Å². The molecule has 5 heteroatoms. The van der Waals surface area contributed by atoms with Crippen LogP contribution in [-0.4, -0.2) is 16.2 Å². The maximum Gasteiger partial charge on any atom is 0.303 e. The van der Waals surface area contributed by atoms with E-state index < -0.39 is 11.8 Å². The fraction of sp³-hybridized carbons (Fsp3) is 0.300. The summed E-state index contributed by atoms with van der Waals surface area (Å²) in [4.78, 5) is 10.3. The highest BCUT2D eigenvalue weighted by Crippen LogP contribution is 2.29. The Morgan fingerprint density at radius 3 is 2.73 bits per heavy atom. The monoisotopic (exact) mass is 232 g/mol. The number of benzene rings is 1. The summed E-state index contributed by atoms with van der Waals surface area (Å²) in [6.45, 7) is 0. The number of carboxylic acids is 1. The number of phenols is 1. The lowest BCUT2D eigenvalue weighted by atomic mass is 10.1. The number of aliphatic carboxylic acids is 1. The van der Waals surface area contributed by atoms with Crippen molar-refractivity contribution < 1.29 is 19.4 Å². The van der Waals surface area contributed by atoms with Crippen LogP contribution in [0.5, 0.6) is 5.75 Å². The molecule has 82 valence electrons. The van der Waals surface area contributed by atoms with E-state index in [0.29, 0.717) is 6.42 Å². The summed E-state index contributed by atoms with van der Waals surface area (Å²) in [5.74, 6) is -1.64. The topological polar surface area (TPSA) is 57.5 Å². The van der Waals surface area contributed by atoms with Crippen molar-refractivity contribution in [1.82, 2.24) is 0 Å². The molecule has 1 aromatic carbocycles. The van der Waals surface area contributed by atoms with Gasteiger partial charge in [0.25, 0.3) is 0 Å². The van der Waals surface area contributed by atoms with Gasteiger partial charge in [0.15, 0.2) is 0 Å². The van der Waals surface area contributed by atoms with Gasteiger partial charge in [0.2, 0.25) is 0 Å². The van der Waals surface area contributed by atoms with E-state index in [2.05, 4.69) is 0 Å². The van der Waals surface area contributed by atoms with Crippen molar-refractivity contribution in [1.29, 1.82) is 0 Å². The molecule has 0 aliphatic heterocycles. The molecule has 3 nitrogen and oxygen atoms in total. The van der Waals surface area contributed by atoms with Crippen molar-refractivity contribution in [3.05, 3.63) is 28.5 Å². The van der Waals surface area contributed by atoms with Crippen LogP contribution in [-0.2, 0) is 11.2 Å². The summed E-state index contributed by atoms with van der Waals surface area (Å²) in [5, 5.41) is 17.7. The summed E-state index contributed by atoms with van der Waals surface area (Å²) >= 11 is 5.63. The van der Waals surface area contributed by atoms with Gasteiger partial charge in [-0.15, -0.1) is 0 Å². The van der Waals surface area contributed by atoms with Crippen molar-refractivity contribution in [3.8, 4) is 5.75 Å². The molecule has 0 aliphatic carbocycles. The van der Waals surface area contributed by atoms with Gasteiger partial charge in [-0.05, 0) is 25.0 Å². The van der Waals surface area contributed by atoms with E-state index >= 15 is 0 Å². The van der Waals surface area contributed by atoms with Gasteiger partial charge in [-0.1, -0.05) is 11.6 Å². The zero-order chi connectivity index (χ0) is 11.4. The van der Waals surface area contributed by atoms with Crippen LogP contribution in [0, 0.1) is 5.82 Å². The fourth-order valence-electron chi connectivity index (χ4n) is 1.24. The largest absolute Gasteiger partial charge is 0.508 e. The molecule has 0 aliphatic rings. The van der Waals surface area contributed by atoms with Crippen LogP contribution in [0.2, 0.25) is 5.02 Å². The van der Waals surface area contributed by atoms with Crippen LogP contribution < -0.4 is 0 Å². The third-order valence-electron chi connectivity index (χ3n) is 1.99. The lowest BCUT2D eigenvalue weighted by molar-refractivity contribution is -0.137. The summed E-state index contributed by atoms with van der Waals surface area (Å²) < 4.78 is 13.0. The first-order valence-corrected chi connectivity index (χ1v) is 4.78. The number of carboxylic acid groups (broad SMARTS) is 1. The highest BCUT2D eigenvalue weighted by Gasteiger charge is 2.11. The molecule has 0 spiro atoms. The third kappa shape index (κ3) is 3.09. The molecule has 1 rings (SSSR count). The molecular formula is C10H10ClFO3. The Morgan fingerprint density at radius 1 is 1.47 bits per heavy atom. The maximum atomic E-state index is 13.0. The highest BCUT2D eigenvalue weighted by atomic mass is 35.5. The molecule has 0 radical (unpaired) electrons. The van der Waals surface area contributed by atoms with Gasteiger partial charge in [-0.2, -0.15) is 0 Å². The van der Waals surface area contributed by atoms with E-state index in [-0.39, 0.29) is 29.2 Å². The number of halogens is 2. The van der Waals surface area contributed by atoms with Crippen molar-refractivity contribution in [3.63, 3.8) is 0 Å². The standard InChI is InChI=1S/C10H10ClFO3/c11-10-6(2-1-3-9(14)15)8(13)5-4-7(10)12/h4-5,13H,1-3H2,(H,14,15). The first kappa shape index (κ1) is 11.8. The summed E-state index contributed by atoms with van der Waals surface area (Å²) in [5.41, 5.74) is 0.262. The predicted octanol–water partition coefficient (Wildman–Crippen LogP) is 2.59. The summed E-state index contributed by atoms with van der Waals surface area (Å²) in [6.07, 6.45) is 0.521. The average molecular weight is 233 g/mol. The third-order valence-corrected chi connectivity index (χ3v) is 2.40. The average Bonchev–Trinajstić information content (AvgIpc) is 2.17. The van der Waals surface area contributed by atoms with Crippen molar-refractivity contribution in [2.75, 3.05) is 0 Å². The van der Waals surface area contributed by atoms with E-state index in [1.165, 1.54) is 6.07 Å². The quantitative estimate of drug-likeness (QED) is 0.839. The summed E-state index contributed by atoms with van der Waals surface area (Å²) in [7, 11) is 0. The Balaban J connectivity index is 2.75. The second-order valence-corrected chi connectivity index (χ2v) is 3.48. The molecule has 1 aromatic rings. The molecule has 0 fully saturated rings. The number of carbonyl (C=O) groups is 1.